The van der Waals surface area contributed by atoms with E-state index in [2.05, 4.69) is 15.0 Å². The summed E-state index contributed by atoms with van der Waals surface area (Å²) < 4.78 is 15.4. The number of hydrogen-bond acceptors (Lipinski definition) is 8. The van der Waals surface area contributed by atoms with Crippen LogP contribution >= 0.6 is 0 Å². The lowest BCUT2D eigenvalue weighted by Crippen LogP contribution is -2.46. The Labute approximate surface area is 174 Å². The number of nitrogens with zero attached hydrogens (tertiary/aromatic N) is 4. The Kier molecular flexibility index (Phi) is 6.39. The number of benzene rings is 1. The maximum absolute atomic E-state index is 12.6. The van der Waals surface area contributed by atoms with Gasteiger partial charge in [0.2, 0.25) is 17.6 Å². The summed E-state index contributed by atoms with van der Waals surface area (Å²) in [6, 6.07) is 6.88. The third-order valence-corrected chi connectivity index (χ3v) is 5.65. The number of piperidine rings is 1. The van der Waals surface area contributed by atoms with E-state index in [4.69, 9.17) is 14.0 Å². The molecular weight excluding hydrogens is 388 g/mol. The number of amides is 1. The van der Waals surface area contributed by atoms with Gasteiger partial charge in [-0.15, -0.1) is 0 Å². The zero-order chi connectivity index (χ0) is 20.9. The number of carbonyl (C=O) groups is 2. The van der Waals surface area contributed by atoms with Crippen LogP contribution in [0.25, 0.3) is 11.4 Å². The number of likely N-dealkylation sites (tertiary alicyclic amines) is 1. The van der Waals surface area contributed by atoms with Gasteiger partial charge in [-0.05, 0) is 38.1 Å². The fraction of sp³-hybridized carbons (Fsp3) is 0.524. The maximum atomic E-state index is 12.6. The number of rotatable bonds is 5. The van der Waals surface area contributed by atoms with E-state index in [0.717, 1.165) is 31.5 Å². The molecule has 160 valence electrons. The molecule has 2 aliphatic rings. The number of aromatic nitrogens is 2. The van der Waals surface area contributed by atoms with Crippen molar-refractivity contribution in [1.82, 2.24) is 19.9 Å². The number of morpholine rings is 1. The molecule has 0 N–H and O–H groups in total. The van der Waals surface area contributed by atoms with Crippen LogP contribution in [0.1, 0.15) is 29.1 Å². The number of methoxy groups -OCH3 is 1. The zero-order valence-corrected chi connectivity index (χ0v) is 17.1. The van der Waals surface area contributed by atoms with Crippen LogP contribution in [0, 0.1) is 5.92 Å². The number of carbonyl (C=O) groups excluding carboxylic acids is 2. The molecule has 1 amide bonds. The Bertz CT molecular complexity index is 868. The van der Waals surface area contributed by atoms with Crippen molar-refractivity contribution >= 4 is 11.9 Å². The van der Waals surface area contributed by atoms with E-state index in [1.165, 1.54) is 7.11 Å². The van der Waals surface area contributed by atoms with Gasteiger partial charge in [-0.25, -0.2) is 4.79 Å². The predicted molar refractivity (Wildman–Crippen MR) is 106 cm³/mol. The molecule has 4 rings (SSSR count). The van der Waals surface area contributed by atoms with Crippen LogP contribution in [-0.4, -0.2) is 78.3 Å². The molecule has 2 aromatic rings. The molecule has 0 aliphatic carbocycles. The van der Waals surface area contributed by atoms with Crippen molar-refractivity contribution in [2.45, 2.75) is 19.4 Å². The van der Waals surface area contributed by atoms with Gasteiger partial charge in [0.15, 0.2) is 0 Å². The van der Waals surface area contributed by atoms with E-state index in [1.54, 1.807) is 24.3 Å². The lowest BCUT2D eigenvalue weighted by atomic mass is 9.95. The topological polar surface area (TPSA) is 98.0 Å². The Hall–Kier alpha value is -2.78. The van der Waals surface area contributed by atoms with Crippen LogP contribution in [0.5, 0.6) is 0 Å². The molecule has 9 nitrogen and oxygen atoms in total. The van der Waals surface area contributed by atoms with Crippen molar-refractivity contribution in [1.29, 1.82) is 0 Å². The van der Waals surface area contributed by atoms with Crippen molar-refractivity contribution in [2.75, 3.05) is 46.5 Å². The Morgan fingerprint density at radius 2 is 1.80 bits per heavy atom. The molecule has 2 saturated heterocycles. The van der Waals surface area contributed by atoms with Crippen LogP contribution < -0.4 is 0 Å². The standard InChI is InChI=1S/C21H26N4O5/c1-28-21(27)17-4-2-15(3-5-17)19-22-18(30-23-19)14-24-8-6-16(7-9-24)20(26)25-10-12-29-13-11-25/h2-5,16H,6-14H2,1H3. The second-order valence-corrected chi connectivity index (χ2v) is 7.57. The van der Waals surface area contributed by atoms with Gasteiger partial charge in [0.25, 0.3) is 0 Å². The molecule has 0 atom stereocenters. The van der Waals surface area contributed by atoms with Crippen molar-refractivity contribution in [3.8, 4) is 11.4 Å². The quantitative estimate of drug-likeness (QED) is 0.681. The van der Waals surface area contributed by atoms with E-state index >= 15 is 0 Å². The summed E-state index contributed by atoms with van der Waals surface area (Å²) in [5.41, 5.74) is 1.24. The summed E-state index contributed by atoms with van der Waals surface area (Å²) in [5.74, 6) is 0.990. The van der Waals surface area contributed by atoms with E-state index in [1.807, 2.05) is 4.90 Å². The zero-order valence-electron chi connectivity index (χ0n) is 17.1. The Morgan fingerprint density at radius 3 is 2.47 bits per heavy atom. The second kappa shape index (κ2) is 9.36. The van der Waals surface area contributed by atoms with Crippen molar-refractivity contribution in [3.05, 3.63) is 35.7 Å². The molecule has 0 spiro atoms. The first-order valence-electron chi connectivity index (χ1n) is 10.2. The van der Waals surface area contributed by atoms with Crippen molar-refractivity contribution in [2.24, 2.45) is 5.92 Å². The summed E-state index contributed by atoms with van der Waals surface area (Å²) >= 11 is 0. The lowest BCUT2D eigenvalue weighted by molar-refractivity contribution is -0.141. The van der Waals surface area contributed by atoms with E-state index in [0.29, 0.717) is 50.1 Å². The predicted octanol–water partition coefficient (Wildman–Crippen LogP) is 1.59. The number of esters is 1. The highest BCUT2D eigenvalue weighted by Gasteiger charge is 2.30. The van der Waals surface area contributed by atoms with Crippen LogP contribution in [0.2, 0.25) is 0 Å². The van der Waals surface area contributed by atoms with Crippen LogP contribution in [-0.2, 0) is 20.8 Å². The lowest BCUT2D eigenvalue weighted by Gasteiger charge is -2.35. The summed E-state index contributed by atoms with van der Waals surface area (Å²) in [4.78, 5) is 32.8. The van der Waals surface area contributed by atoms with Gasteiger partial charge in [-0.2, -0.15) is 4.98 Å². The first kappa shape index (κ1) is 20.5. The van der Waals surface area contributed by atoms with E-state index < -0.39 is 0 Å². The minimum Gasteiger partial charge on any atom is -0.465 e. The van der Waals surface area contributed by atoms with Crippen LogP contribution in [0.15, 0.2) is 28.8 Å². The van der Waals surface area contributed by atoms with Gasteiger partial charge in [0.1, 0.15) is 0 Å². The van der Waals surface area contributed by atoms with Gasteiger partial charge in [-0.3, -0.25) is 9.69 Å². The molecule has 0 saturated carbocycles. The Morgan fingerprint density at radius 1 is 1.10 bits per heavy atom. The largest absolute Gasteiger partial charge is 0.465 e. The molecule has 0 unspecified atom stereocenters. The SMILES string of the molecule is COC(=O)c1ccc(-c2noc(CN3CCC(C(=O)N4CCOCC4)CC3)n2)cc1. The minimum atomic E-state index is -0.383. The fourth-order valence-corrected chi connectivity index (χ4v) is 3.88. The van der Waals surface area contributed by atoms with Gasteiger partial charge in [0, 0.05) is 24.6 Å². The first-order valence-corrected chi connectivity index (χ1v) is 10.2. The average molecular weight is 414 g/mol. The molecule has 1 aromatic carbocycles. The molecule has 1 aromatic heterocycles. The highest BCUT2D eigenvalue weighted by atomic mass is 16.5. The molecule has 0 bridgehead atoms. The summed E-state index contributed by atoms with van der Waals surface area (Å²) in [6.07, 6.45) is 1.68. The van der Waals surface area contributed by atoms with Crippen LogP contribution in [0.4, 0.5) is 0 Å². The summed E-state index contributed by atoms with van der Waals surface area (Å²) in [5, 5.41) is 4.05. The van der Waals surface area contributed by atoms with Gasteiger partial charge >= 0.3 is 5.97 Å². The van der Waals surface area contributed by atoms with Gasteiger partial charge in [-0.1, -0.05) is 17.3 Å². The fourth-order valence-electron chi connectivity index (χ4n) is 3.88. The van der Waals surface area contributed by atoms with Gasteiger partial charge < -0.3 is 18.9 Å². The Balaban J connectivity index is 1.29. The number of ether oxygens (including phenoxy) is 2. The van der Waals surface area contributed by atoms with E-state index in [-0.39, 0.29) is 17.8 Å². The van der Waals surface area contributed by atoms with Crippen LogP contribution in [0.3, 0.4) is 0 Å². The highest BCUT2D eigenvalue weighted by Crippen LogP contribution is 2.22. The van der Waals surface area contributed by atoms with Gasteiger partial charge in [0.05, 0.1) is 32.4 Å². The third-order valence-electron chi connectivity index (χ3n) is 5.65. The number of hydrogen-bond donors (Lipinski definition) is 0. The molecule has 0 radical (unpaired) electrons. The van der Waals surface area contributed by atoms with E-state index in [9.17, 15) is 9.59 Å². The molecule has 2 aliphatic heterocycles. The highest BCUT2D eigenvalue weighted by molar-refractivity contribution is 5.89. The van der Waals surface area contributed by atoms with Crippen molar-refractivity contribution in [3.63, 3.8) is 0 Å². The second-order valence-electron chi connectivity index (χ2n) is 7.57. The average Bonchev–Trinajstić information content (AvgIpc) is 3.27. The summed E-state index contributed by atoms with van der Waals surface area (Å²) in [7, 11) is 1.35. The monoisotopic (exact) mass is 414 g/mol. The molecule has 9 heteroatoms. The normalized spacial score (nSPS) is 18.4. The molecule has 2 fully saturated rings. The third kappa shape index (κ3) is 4.68. The van der Waals surface area contributed by atoms with Crippen molar-refractivity contribution < 1.29 is 23.6 Å². The summed E-state index contributed by atoms with van der Waals surface area (Å²) in [6.45, 7) is 4.88. The molecule has 30 heavy (non-hydrogen) atoms. The maximum Gasteiger partial charge on any atom is 0.337 e. The first-order chi connectivity index (χ1) is 14.6. The molecular formula is C21H26N4O5. The molecule has 3 heterocycles. The minimum absolute atomic E-state index is 0.0888. The smallest absolute Gasteiger partial charge is 0.337 e.